The number of benzene rings is 1. The van der Waals surface area contributed by atoms with Crippen LogP contribution in [-0.2, 0) is 4.84 Å². The van der Waals surface area contributed by atoms with Gasteiger partial charge in [-0.3, -0.25) is 4.84 Å². The minimum Gasteiger partial charge on any atom is -0.394 e. The van der Waals surface area contributed by atoms with E-state index in [0.717, 1.165) is 6.42 Å². The van der Waals surface area contributed by atoms with Crippen molar-refractivity contribution in [3.8, 4) is 0 Å². The van der Waals surface area contributed by atoms with E-state index in [1.807, 2.05) is 24.2 Å². The van der Waals surface area contributed by atoms with Crippen molar-refractivity contribution in [1.29, 1.82) is 0 Å². The Morgan fingerprint density at radius 3 is 2.80 bits per heavy atom. The molecule has 1 aliphatic rings. The zero-order valence-corrected chi connectivity index (χ0v) is 9.18. The number of aryl methyl sites for hydroxylation is 1. The lowest BCUT2D eigenvalue weighted by Crippen LogP contribution is -2.18. The molecule has 0 aromatic heterocycles. The first-order valence-corrected chi connectivity index (χ1v) is 5.28. The third-order valence-electron chi connectivity index (χ3n) is 2.99. The molecule has 0 aliphatic carbocycles. The van der Waals surface area contributed by atoms with Gasteiger partial charge in [0.1, 0.15) is 6.10 Å². The van der Waals surface area contributed by atoms with Gasteiger partial charge in [-0.2, -0.15) is 5.06 Å². The molecule has 0 amide bonds. The molecule has 1 saturated heterocycles. The van der Waals surface area contributed by atoms with Gasteiger partial charge < -0.3 is 5.11 Å². The first kappa shape index (κ1) is 10.6. The number of aliphatic hydroxyl groups is 1. The molecule has 0 radical (unpaired) electrons. The summed E-state index contributed by atoms with van der Waals surface area (Å²) >= 11 is 0. The summed E-state index contributed by atoms with van der Waals surface area (Å²) in [6, 6.07) is 8.58. The van der Waals surface area contributed by atoms with E-state index in [9.17, 15) is 0 Å². The molecule has 0 bridgehead atoms. The Kier molecular flexibility index (Phi) is 3.05. The molecule has 1 heterocycles. The maximum Gasteiger partial charge on any atom is 0.104 e. The Balaban J connectivity index is 2.21. The smallest absolute Gasteiger partial charge is 0.104 e. The molecule has 3 heteroatoms. The lowest BCUT2D eigenvalue weighted by molar-refractivity contribution is -0.153. The quantitative estimate of drug-likeness (QED) is 0.800. The van der Waals surface area contributed by atoms with Crippen LogP contribution < -0.4 is 0 Å². The Bertz CT molecular complexity index is 340. The van der Waals surface area contributed by atoms with Gasteiger partial charge in [0.2, 0.25) is 0 Å². The molecule has 3 nitrogen and oxygen atoms in total. The summed E-state index contributed by atoms with van der Waals surface area (Å²) in [5.74, 6) is 0. The minimum absolute atomic E-state index is 0.0559. The van der Waals surface area contributed by atoms with E-state index in [1.165, 1.54) is 11.1 Å². The summed E-state index contributed by atoms with van der Waals surface area (Å²) in [6.07, 6.45) is 0.803. The van der Waals surface area contributed by atoms with E-state index in [1.54, 1.807) is 0 Å². The summed E-state index contributed by atoms with van der Waals surface area (Å²) in [4.78, 5) is 5.52. The van der Waals surface area contributed by atoms with Gasteiger partial charge in [0.15, 0.2) is 0 Å². The molecule has 1 aromatic carbocycles. The molecule has 2 atom stereocenters. The van der Waals surface area contributed by atoms with Gasteiger partial charge in [-0.15, -0.1) is 0 Å². The summed E-state index contributed by atoms with van der Waals surface area (Å²) in [6.45, 7) is 2.20. The van der Waals surface area contributed by atoms with E-state index in [4.69, 9.17) is 9.94 Å². The maximum absolute atomic E-state index is 9.07. The maximum atomic E-state index is 9.07. The van der Waals surface area contributed by atoms with Crippen LogP contribution in [0.15, 0.2) is 24.3 Å². The molecule has 82 valence electrons. The average Bonchev–Trinajstić information content (AvgIpc) is 2.60. The molecule has 15 heavy (non-hydrogen) atoms. The van der Waals surface area contributed by atoms with Crippen molar-refractivity contribution >= 4 is 0 Å². The SMILES string of the molecule is Cc1ccccc1[C@H]1C[C@H](CO)ON1C. The predicted octanol–water partition coefficient (Wildman–Crippen LogP) is 1.66. The normalized spacial score (nSPS) is 27.1. The lowest BCUT2D eigenvalue weighted by atomic mass is 9.98. The Morgan fingerprint density at radius 1 is 1.47 bits per heavy atom. The fourth-order valence-corrected chi connectivity index (χ4v) is 2.14. The predicted molar refractivity (Wildman–Crippen MR) is 58.3 cm³/mol. The van der Waals surface area contributed by atoms with E-state index in [-0.39, 0.29) is 18.8 Å². The van der Waals surface area contributed by atoms with Crippen LogP contribution in [0.3, 0.4) is 0 Å². The highest BCUT2D eigenvalue weighted by molar-refractivity contribution is 5.29. The molecular weight excluding hydrogens is 190 g/mol. The Morgan fingerprint density at radius 2 is 2.20 bits per heavy atom. The van der Waals surface area contributed by atoms with Crippen molar-refractivity contribution in [3.05, 3.63) is 35.4 Å². The van der Waals surface area contributed by atoms with Crippen LogP contribution in [0.5, 0.6) is 0 Å². The van der Waals surface area contributed by atoms with Crippen LogP contribution in [0.4, 0.5) is 0 Å². The van der Waals surface area contributed by atoms with Gasteiger partial charge in [-0.1, -0.05) is 24.3 Å². The average molecular weight is 207 g/mol. The number of hydrogen-bond acceptors (Lipinski definition) is 3. The molecule has 1 aliphatic heterocycles. The molecule has 1 N–H and O–H groups in total. The van der Waals surface area contributed by atoms with E-state index in [0.29, 0.717) is 0 Å². The first-order valence-electron chi connectivity index (χ1n) is 5.28. The van der Waals surface area contributed by atoms with Gasteiger partial charge in [-0.05, 0) is 24.5 Å². The molecular formula is C12H17NO2. The topological polar surface area (TPSA) is 32.7 Å². The van der Waals surface area contributed by atoms with Crippen molar-refractivity contribution in [2.45, 2.75) is 25.5 Å². The fraction of sp³-hybridized carbons (Fsp3) is 0.500. The molecule has 0 saturated carbocycles. The Labute approximate surface area is 90.2 Å². The highest BCUT2D eigenvalue weighted by Crippen LogP contribution is 2.33. The molecule has 2 rings (SSSR count). The number of aliphatic hydroxyl groups excluding tert-OH is 1. The number of rotatable bonds is 2. The number of hydroxylamine groups is 2. The van der Waals surface area contributed by atoms with Gasteiger partial charge >= 0.3 is 0 Å². The standard InChI is InChI=1S/C12H17NO2/c1-9-5-3-4-6-11(9)12-7-10(8-14)15-13(12)2/h3-6,10,12,14H,7-8H2,1-2H3/t10-,12-/m1/s1. The second-order valence-electron chi connectivity index (χ2n) is 4.06. The van der Waals surface area contributed by atoms with Crippen LogP contribution in [0.1, 0.15) is 23.6 Å². The monoisotopic (exact) mass is 207 g/mol. The van der Waals surface area contributed by atoms with Crippen LogP contribution in [0.25, 0.3) is 0 Å². The number of hydrogen-bond donors (Lipinski definition) is 1. The summed E-state index contributed by atoms with van der Waals surface area (Å²) in [5, 5.41) is 10.9. The zero-order chi connectivity index (χ0) is 10.8. The Hall–Kier alpha value is -0.900. The van der Waals surface area contributed by atoms with Crippen LogP contribution in [0, 0.1) is 6.92 Å². The van der Waals surface area contributed by atoms with Crippen LogP contribution >= 0.6 is 0 Å². The van der Waals surface area contributed by atoms with Crippen molar-refractivity contribution in [3.63, 3.8) is 0 Å². The summed E-state index contributed by atoms with van der Waals surface area (Å²) in [5.41, 5.74) is 2.56. The van der Waals surface area contributed by atoms with Crippen molar-refractivity contribution in [2.24, 2.45) is 0 Å². The molecule has 1 fully saturated rings. The van der Waals surface area contributed by atoms with E-state index >= 15 is 0 Å². The summed E-state index contributed by atoms with van der Waals surface area (Å²) in [7, 11) is 1.92. The van der Waals surface area contributed by atoms with Crippen molar-refractivity contribution < 1.29 is 9.94 Å². The van der Waals surface area contributed by atoms with Gasteiger partial charge in [-0.25, -0.2) is 0 Å². The highest BCUT2D eigenvalue weighted by Gasteiger charge is 2.31. The van der Waals surface area contributed by atoms with Gasteiger partial charge in [0.05, 0.1) is 12.6 Å². The third-order valence-corrected chi connectivity index (χ3v) is 2.99. The molecule has 0 spiro atoms. The van der Waals surface area contributed by atoms with Crippen molar-refractivity contribution in [1.82, 2.24) is 5.06 Å². The molecule has 0 unspecified atom stereocenters. The zero-order valence-electron chi connectivity index (χ0n) is 9.18. The largest absolute Gasteiger partial charge is 0.394 e. The van der Waals surface area contributed by atoms with Gasteiger partial charge in [0, 0.05) is 7.05 Å². The van der Waals surface area contributed by atoms with E-state index < -0.39 is 0 Å². The number of nitrogens with zero attached hydrogens (tertiary/aromatic N) is 1. The lowest BCUT2D eigenvalue weighted by Gasteiger charge is -2.19. The van der Waals surface area contributed by atoms with Gasteiger partial charge in [0.25, 0.3) is 0 Å². The highest BCUT2D eigenvalue weighted by atomic mass is 16.7. The third kappa shape index (κ3) is 2.04. The van der Waals surface area contributed by atoms with Crippen LogP contribution in [0.2, 0.25) is 0 Å². The van der Waals surface area contributed by atoms with Crippen LogP contribution in [-0.4, -0.2) is 29.9 Å². The molecule has 1 aromatic rings. The fourth-order valence-electron chi connectivity index (χ4n) is 2.14. The minimum atomic E-state index is -0.0559. The van der Waals surface area contributed by atoms with Crippen molar-refractivity contribution in [2.75, 3.05) is 13.7 Å². The first-order chi connectivity index (χ1) is 7.22. The second kappa shape index (κ2) is 4.31. The second-order valence-corrected chi connectivity index (χ2v) is 4.06. The van der Waals surface area contributed by atoms with E-state index in [2.05, 4.69) is 19.1 Å². The summed E-state index contributed by atoms with van der Waals surface area (Å²) < 4.78 is 0.